The van der Waals surface area contributed by atoms with Crippen LogP contribution >= 0.6 is 11.6 Å². The minimum absolute atomic E-state index is 0.162. The molecule has 0 amide bonds. The lowest BCUT2D eigenvalue weighted by atomic mass is 9.96. The second kappa shape index (κ2) is 5.58. The summed E-state index contributed by atoms with van der Waals surface area (Å²) in [5.41, 5.74) is 0.962. The first-order chi connectivity index (χ1) is 8.49. The number of halogens is 2. The maximum Gasteiger partial charge on any atom is 0.142 e. The summed E-state index contributed by atoms with van der Waals surface area (Å²) in [6.07, 6.45) is 2.49. The lowest BCUT2D eigenvalue weighted by Gasteiger charge is -2.24. The molecule has 100 valence electrons. The van der Waals surface area contributed by atoms with E-state index in [-0.39, 0.29) is 16.9 Å². The first kappa shape index (κ1) is 13.8. The van der Waals surface area contributed by atoms with Crippen LogP contribution in [0.5, 0.6) is 0 Å². The summed E-state index contributed by atoms with van der Waals surface area (Å²) in [6, 6.07) is 5.75. The van der Waals surface area contributed by atoms with Crippen LogP contribution in [-0.4, -0.2) is 6.04 Å². The first-order valence-electron chi connectivity index (χ1n) is 6.70. The van der Waals surface area contributed by atoms with Gasteiger partial charge in [0.05, 0.1) is 5.02 Å². The number of hydrogen-bond acceptors (Lipinski definition) is 1. The molecule has 0 bridgehead atoms. The van der Waals surface area contributed by atoms with Gasteiger partial charge in [0.15, 0.2) is 0 Å². The van der Waals surface area contributed by atoms with E-state index in [0.717, 1.165) is 11.5 Å². The van der Waals surface area contributed by atoms with E-state index < -0.39 is 0 Å². The molecular weight excluding hydrogens is 249 g/mol. The molecule has 0 aliphatic heterocycles. The summed E-state index contributed by atoms with van der Waals surface area (Å²) >= 11 is 5.70. The highest BCUT2D eigenvalue weighted by Gasteiger charge is 2.30. The van der Waals surface area contributed by atoms with Crippen molar-refractivity contribution in [2.75, 3.05) is 0 Å². The van der Waals surface area contributed by atoms with Crippen LogP contribution in [0, 0.1) is 17.7 Å². The molecule has 3 heteroatoms. The van der Waals surface area contributed by atoms with Crippen molar-refractivity contribution in [1.82, 2.24) is 5.32 Å². The lowest BCUT2D eigenvalue weighted by Crippen LogP contribution is -2.34. The number of hydrogen-bond donors (Lipinski definition) is 1. The van der Waals surface area contributed by atoms with Gasteiger partial charge in [-0.1, -0.05) is 31.5 Å². The van der Waals surface area contributed by atoms with Crippen molar-refractivity contribution in [3.63, 3.8) is 0 Å². The van der Waals surface area contributed by atoms with Gasteiger partial charge in [0.25, 0.3) is 0 Å². The molecule has 4 atom stereocenters. The van der Waals surface area contributed by atoms with Crippen LogP contribution in [0.25, 0.3) is 0 Å². The van der Waals surface area contributed by atoms with Crippen molar-refractivity contribution in [2.45, 2.75) is 45.7 Å². The number of rotatable bonds is 3. The van der Waals surface area contributed by atoms with Gasteiger partial charge in [0, 0.05) is 12.1 Å². The molecule has 1 nitrogen and oxygen atoms in total. The van der Waals surface area contributed by atoms with Crippen LogP contribution in [0.15, 0.2) is 18.2 Å². The largest absolute Gasteiger partial charge is 0.307 e. The topological polar surface area (TPSA) is 12.0 Å². The highest BCUT2D eigenvalue weighted by molar-refractivity contribution is 6.30. The van der Waals surface area contributed by atoms with Crippen molar-refractivity contribution in [3.05, 3.63) is 34.6 Å². The third-order valence-electron chi connectivity index (χ3n) is 4.37. The minimum atomic E-state index is -0.337. The molecular formula is C15H21ClFN. The zero-order valence-corrected chi connectivity index (χ0v) is 12.0. The van der Waals surface area contributed by atoms with Crippen LogP contribution in [-0.2, 0) is 0 Å². The van der Waals surface area contributed by atoms with E-state index in [1.165, 1.54) is 18.9 Å². The summed E-state index contributed by atoms with van der Waals surface area (Å²) in [4.78, 5) is 0. The highest BCUT2D eigenvalue weighted by atomic mass is 35.5. The Balaban J connectivity index is 2.03. The molecule has 0 spiro atoms. The zero-order chi connectivity index (χ0) is 13.3. The molecule has 1 aliphatic carbocycles. The normalized spacial score (nSPS) is 29.5. The molecule has 1 fully saturated rings. The Labute approximate surface area is 114 Å². The molecule has 1 N–H and O–H groups in total. The van der Waals surface area contributed by atoms with Gasteiger partial charge in [-0.3, -0.25) is 0 Å². The molecule has 1 aromatic rings. The molecule has 0 radical (unpaired) electrons. The second-order valence-corrected chi connectivity index (χ2v) is 5.99. The van der Waals surface area contributed by atoms with Crippen LogP contribution in [0.2, 0.25) is 5.02 Å². The summed E-state index contributed by atoms with van der Waals surface area (Å²) in [6.45, 7) is 6.68. The Hall–Kier alpha value is -0.600. The monoisotopic (exact) mass is 269 g/mol. The van der Waals surface area contributed by atoms with Gasteiger partial charge in [-0.25, -0.2) is 4.39 Å². The van der Waals surface area contributed by atoms with Crippen molar-refractivity contribution in [2.24, 2.45) is 11.8 Å². The Morgan fingerprint density at radius 3 is 2.61 bits per heavy atom. The van der Waals surface area contributed by atoms with Gasteiger partial charge in [-0.15, -0.1) is 0 Å². The second-order valence-electron chi connectivity index (χ2n) is 5.58. The van der Waals surface area contributed by atoms with Crippen molar-refractivity contribution >= 4 is 11.6 Å². The van der Waals surface area contributed by atoms with Crippen LogP contribution < -0.4 is 5.32 Å². The van der Waals surface area contributed by atoms with Gasteiger partial charge in [-0.2, -0.15) is 0 Å². The maximum absolute atomic E-state index is 13.4. The van der Waals surface area contributed by atoms with E-state index in [4.69, 9.17) is 11.6 Å². The fourth-order valence-corrected chi connectivity index (χ4v) is 2.92. The van der Waals surface area contributed by atoms with E-state index in [9.17, 15) is 4.39 Å². The zero-order valence-electron chi connectivity index (χ0n) is 11.2. The molecule has 1 aliphatic rings. The lowest BCUT2D eigenvalue weighted by molar-refractivity contribution is 0.347. The summed E-state index contributed by atoms with van der Waals surface area (Å²) in [7, 11) is 0. The van der Waals surface area contributed by atoms with E-state index in [0.29, 0.717) is 12.0 Å². The quantitative estimate of drug-likeness (QED) is 0.848. The summed E-state index contributed by atoms with van der Waals surface area (Å²) < 4.78 is 13.4. The van der Waals surface area contributed by atoms with E-state index in [1.807, 2.05) is 6.07 Å². The van der Waals surface area contributed by atoms with Crippen molar-refractivity contribution in [3.8, 4) is 0 Å². The van der Waals surface area contributed by atoms with Crippen LogP contribution in [0.4, 0.5) is 4.39 Å². The molecule has 1 saturated carbocycles. The molecule has 4 unspecified atom stereocenters. The molecule has 1 aromatic carbocycles. The van der Waals surface area contributed by atoms with Crippen molar-refractivity contribution < 1.29 is 4.39 Å². The summed E-state index contributed by atoms with van der Waals surface area (Å²) in [5.74, 6) is 1.12. The van der Waals surface area contributed by atoms with Gasteiger partial charge < -0.3 is 5.32 Å². The minimum Gasteiger partial charge on any atom is -0.307 e. The van der Waals surface area contributed by atoms with Crippen LogP contribution in [0.1, 0.15) is 45.2 Å². The fourth-order valence-electron chi connectivity index (χ4n) is 2.80. The maximum atomic E-state index is 13.4. The SMILES string of the molecule is CC(NC1CCC(C)C1C)c1ccc(Cl)c(F)c1. The Morgan fingerprint density at radius 1 is 1.33 bits per heavy atom. The molecule has 18 heavy (non-hydrogen) atoms. The fraction of sp³-hybridized carbons (Fsp3) is 0.600. The van der Waals surface area contributed by atoms with Gasteiger partial charge in [0.1, 0.15) is 5.82 Å². The molecule has 2 rings (SSSR count). The third-order valence-corrected chi connectivity index (χ3v) is 4.68. The standard InChI is InChI=1S/C15H21ClFN/c1-9-4-7-15(10(9)2)18-11(3)12-5-6-13(16)14(17)8-12/h5-6,8-11,15,18H,4,7H2,1-3H3. The Bertz CT molecular complexity index is 421. The Kier molecular flexibility index (Phi) is 4.29. The van der Waals surface area contributed by atoms with Crippen LogP contribution in [0.3, 0.4) is 0 Å². The van der Waals surface area contributed by atoms with Gasteiger partial charge >= 0.3 is 0 Å². The van der Waals surface area contributed by atoms with E-state index >= 15 is 0 Å². The average molecular weight is 270 g/mol. The Morgan fingerprint density at radius 2 is 2.06 bits per heavy atom. The molecule has 0 heterocycles. The molecule has 0 aromatic heterocycles. The van der Waals surface area contributed by atoms with E-state index in [1.54, 1.807) is 6.07 Å². The predicted molar refractivity (Wildman–Crippen MR) is 74.3 cm³/mol. The summed E-state index contributed by atoms with van der Waals surface area (Å²) in [5, 5.41) is 3.80. The first-order valence-corrected chi connectivity index (χ1v) is 7.08. The van der Waals surface area contributed by atoms with Gasteiger partial charge in [0.2, 0.25) is 0 Å². The smallest absolute Gasteiger partial charge is 0.142 e. The number of benzene rings is 1. The predicted octanol–water partition coefficient (Wildman–Crippen LogP) is 4.56. The molecule has 0 saturated heterocycles. The highest BCUT2D eigenvalue weighted by Crippen LogP contribution is 2.32. The average Bonchev–Trinajstić information content (AvgIpc) is 2.64. The third kappa shape index (κ3) is 2.86. The van der Waals surface area contributed by atoms with E-state index in [2.05, 4.69) is 26.1 Å². The van der Waals surface area contributed by atoms with Crippen molar-refractivity contribution in [1.29, 1.82) is 0 Å². The van der Waals surface area contributed by atoms with Gasteiger partial charge in [-0.05, 0) is 49.3 Å². The number of nitrogens with one attached hydrogen (secondary N) is 1.